The van der Waals surface area contributed by atoms with Crippen molar-refractivity contribution in [3.05, 3.63) is 59.7 Å². The number of amides is 2. The zero-order chi connectivity index (χ0) is 18.4. The van der Waals surface area contributed by atoms with E-state index in [9.17, 15) is 13.6 Å². The Hall–Kier alpha value is -2.67. The number of nitrogens with zero attached hydrogens (tertiary/aromatic N) is 1. The molecule has 1 aliphatic rings. The van der Waals surface area contributed by atoms with Gasteiger partial charge in [-0.1, -0.05) is 12.1 Å². The fourth-order valence-corrected chi connectivity index (χ4v) is 2.79. The van der Waals surface area contributed by atoms with E-state index >= 15 is 0 Å². The van der Waals surface area contributed by atoms with Gasteiger partial charge in [0.05, 0.1) is 18.9 Å². The Bertz CT molecular complexity index is 747. The minimum absolute atomic E-state index is 0.290. The summed E-state index contributed by atoms with van der Waals surface area (Å²) in [5.41, 5.74) is 1.82. The fraction of sp³-hybridized carbons (Fsp3) is 0.316. The van der Waals surface area contributed by atoms with Gasteiger partial charge in [0.2, 0.25) is 0 Å². The molecule has 0 atom stereocenters. The standard InChI is InChI=1S/C19H21F2N3O2/c20-15-3-1-14(2-4-15)7-8-22-19(25)23-16-5-6-18(17(21)13-16)24-9-11-26-12-10-24/h1-6,13H,7-12H2,(H2,22,23,25). The highest BCUT2D eigenvalue weighted by atomic mass is 19.1. The van der Waals surface area contributed by atoms with Crippen molar-refractivity contribution in [3.8, 4) is 0 Å². The normalized spacial score (nSPS) is 14.2. The van der Waals surface area contributed by atoms with E-state index in [-0.39, 0.29) is 11.6 Å². The molecule has 2 aromatic rings. The van der Waals surface area contributed by atoms with Gasteiger partial charge >= 0.3 is 6.03 Å². The van der Waals surface area contributed by atoms with Gasteiger partial charge in [-0.15, -0.1) is 0 Å². The number of carbonyl (C=O) groups excluding carboxylic acids is 1. The lowest BCUT2D eigenvalue weighted by Gasteiger charge is -2.29. The van der Waals surface area contributed by atoms with Crippen molar-refractivity contribution in [3.63, 3.8) is 0 Å². The topological polar surface area (TPSA) is 53.6 Å². The van der Waals surface area contributed by atoms with Crippen molar-refractivity contribution in [2.24, 2.45) is 0 Å². The van der Waals surface area contributed by atoms with Gasteiger partial charge in [0, 0.05) is 25.3 Å². The molecule has 3 rings (SSSR count). The lowest BCUT2D eigenvalue weighted by atomic mass is 10.1. The van der Waals surface area contributed by atoms with Crippen LogP contribution in [0, 0.1) is 11.6 Å². The summed E-state index contributed by atoms with van der Waals surface area (Å²) in [7, 11) is 0. The van der Waals surface area contributed by atoms with Crippen molar-refractivity contribution in [1.29, 1.82) is 0 Å². The number of hydrogen-bond acceptors (Lipinski definition) is 3. The van der Waals surface area contributed by atoms with Crippen LogP contribution in [0.3, 0.4) is 0 Å². The minimum Gasteiger partial charge on any atom is -0.378 e. The predicted octanol–water partition coefficient (Wildman–Crippen LogP) is 3.17. The summed E-state index contributed by atoms with van der Waals surface area (Å²) >= 11 is 0. The molecule has 1 heterocycles. The van der Waals surface area contributed by atoms with Crippen LogP contribution in [0.25, 0.3) is 0 Å². The second-order valence-electron chi connectivity index (χ2n) is 6.02. The summed E-state index contributed by atoms with van der Waals surface area (Å²) in [6, 6.07) is 10.4. The lowest BCUT2D eigenvalue weighted by molar-refractivity contribution is 0.122. The smallest absolute Gasteiger partial charge is 0.319 e. The second kappa shape index (κ2) is 8.62. The highest BCUT2D eigenvalue weighted by Crippen LogP contribution is 2.23. The molecule has 138 valence electrons. The highest BCUT2D eigenvalue weighted by molar-refractivity contribution is 5.89. The molecule has 26 heavy (non-hydrogen) atoms. The molecule has 7 heteroatoms. The second-order valence-corrected chi connectivity index (χ2v) is 6.02. The third-order valence-electron chi connectivity index (χ3n) is 4.17. The molecule has 0 bridgehead atoms. The third kappa shape index (κ3) is 4.92. The summed E-state index contributed by atoms with van der Waals surface area (Å²) in [4.78, 5) is 13.8. The Morgan fingerprint density at radius 3 is 2.50 bits per heavy atom. The molecule has 2 aromatic carbocycles. The number of nitrogens with one attached hydrogen (secondary N) is 2. The molecular formula is C19H21F2N3O2. The SMILES string of the molecule is O=C(NCCc1ccc(F)cc1)Nc1ccc(N2CCOCC2)c(F)c1. The van der Waals surface area contributed by atoms with Crippen LogP contribution in [-0.2, 0) is 11.2 Å². The van der Waals surface area contributed by atoms with Crippen LogP contribution >= 0.6 is 0 Å². The van der Waals surface area contributed by atoms with E-state index in [1.54, 1.807) is 24.3 Å². The number of halogens is 2. The molecule has 5 nitrogen and oxygen atoms in total. The molecule has 0 saturated carbocycles. The molecule has 1 saturated heterocycles. The maximum absolute atomic E-state index is 14.3. The molecule has 2 amide bonds. The number of hydrogen-bond donors (Lipinski definition) is 2. The molecule has 0 spiro atoms. The molecular weight excluding hydrogens is 340 g/mol. The first-order chi connectivity index (χ1) is 12.6. The van der Waals surface area contributed by atoms with E-state index in [0.717, 1.165) is 5.56 Å². The average Bonchev–Trinajstić information content (AvgIpc) is 2.64. The zero-order valence-corrected chi connectivity index (χ0v) is 14.3. The van der Waals surface area contributed by atoms with Crippen molar-refractivity contribution >= 4 is 17.4 Å². The summed E-state index contributed by atoms with van der Waals surface area (Å²) in [5.74, 6) is -0.669. The molecule has 0 radical (unpaired) electrons. The number of ether oxygens (including phenoxy) is 1. The largest absolute Gasteiger partial charge is 0.378 e. The first kappa shape index (κ1) is 18.1. The summed E-state index contributed by atoms with van der Waals surface area (Å²) in [6.07, 6.45) is 0.581. The number of anilines is 2. The number of carbonyl (C=O) groups is 1. The highest BCUT2D eigenvalue weighted by Gasteiger charge is 2.15. The third-order valence-corrected chi connectivity index (χ3v) is 4.17. The number of morpholine rings is 1. The predicted molar refractivity (Wildman–Crippen MR) is 96.6 cm³/mol. The van der Waals surface area contributed by atoms with E-state index in [0.29, 0.717) is 50.6 Å². The molecule has 0 unspecified atom stereocenters. The Balaban J connectivity index is 1.49. The van der Waals surface area contributed by atoms with Gasteiger partial charge in [-0.3, -0.25) is 0 Å². The van der Waals surface area contributed by atoms with Gasteiger partial charge in [-0.2, -0.15) is 0 Å². The van der Waals surface area contributed by atoms with Gasteiger partial charge in [-0.25, -0.2) is 13.6 Å². The Morgan fingerprint density at radius 2 is 1.81 bits per heavy atom. The lowest BCUT2D eigenvalue weighted by Crippen LogP contribution is -2.36. The fourth-order valence-electron chi connectivity index (χ4n) is 2.79. The van der Waals surface area contributed by atoms with Gasteiger partial charge in [0.25, 0.3) is 0 Å². The van der Waals surface area contributed by atoms with Crippen LogP contribution in [-0.4, -0.2) is 38.9 Å². The van der Waals surface area contributed by atoms with Crippen molar-refractivity contribution < 1.29 is 18.3 Å². The van der Waals surface area contributed by atoms with Crippen molar-refractivity contribution in [2.45, 2.75) is 6.42 Å². The van der Waals surface area contributed by atoms with Crippen LogP contribution in [0.5, 0.6) is 0 Å². The Labute approximate surface area is 151 Å². The molecule has 1 fully saturated rings. The van der Waals surface area contributed by atoms with Gasteiger partial charge in [0.1, 0.15) is 11.6 Å². The monoisotopic (exact) mass is 361 g/mol. The average molecular weight is 361 g/mol. The van der Waals surface area contributed by atoms with Gasteiger partial charge < -0.3 is 20.3 Å². The van der Waals surface area contributed by atoms with E-state index in [2.05, 4.69) is 10.6 Å². The minimum atomic E-state index is -0.411. The van der Waals surface area contributed by atoms with Crippen LogP contribution in [0.2, 0.25) is 0 Å². The summed E-state index contributed by atoms with van der Waals surface area (Å²) in [6.45, 7) is 2.85. The number of benzene rings is 2. The van der Waals surface area contributed by atoms with Crippen molar-refractivity contribution in [1.82, 2.24) is 5.32 Å². The van der Waals surface area contributed by atoms with E-state index in [1.165, 1.54) is 18.2 Å². The number of rotatable bonds is 5. The maximum Gasteiger partial charge on any atom is 0.319 e. The summed E-state index contributed by atoms with van der Waals surface area (Å²) in [5, 5.41) is 5.31. The van der Waals surface area contributed by atoms with Gasteiger partial charge in [-0.05, 0) is 42.3 Å². The Morgan fingerprint density at radius 1 is 1.08 bits per heavy atom. The van der Waals surface area contributed by atoms with E-state index < -0.39 is 6.03 Å². The summed E-state index contributed by atoms with van der Waals surface area (Å²) < 4.78 is 32.4. The van der Waals surface area contributed by atoms with E-state index in [4.69, 9.17) is 4.74 Å². The first-order valence-corrected chi connectivity index (χ1v) is 8.53. The Kier molecular flexibility index (Phi) is 6.01. The van der Waals surface area contributed by atoms with Crippen LogP contribution in [0.15, 0.2) is 42.5 Å². The zero-order valence-electron chi connectivity index (χ0n) is 14.3. The van der Waals surface area contributed by atoms with Gasteiger partial charge in [0.15, 0.2) is 0 Å². The molecule has 0 aromatic heterocycles. The van der Waals surface area contributed by atoms with E-state index in [1.807, 2.05) is 4.90 Å². The molecule has 0 aliphatic carbocycles. The van der Waals surface area contributed by atoms with Crippen LogP contribution in [0.4, 0.5) is 25.0 Å². The maximum atomic E-state index is 14.3. The quantitative estimate of drug-likeness (QED) is 0.860. The van der Waals surface area contributed by atoms with Crippen LogP contribution < -0.4 is 15.5 Å². The first-order valence-electron chi connectivity index (χ1n) is 8.53. The van der Waals surface area contributed by atoms with Crippen LogP contribution in [0.1, 0.15) is 5.56 Å². The molecule has 2 N–H and O–H groups in total. The van der Waals surface area contributed by atoms with Crippen molar-refractivity contribution in [2.75, 3.05) is 43.1 Å². The molecule has 1 aliphatic heterocycles. The number of urea groups is 1.